The first-order valence-electron chi connectivity index (χ1n) is 5.61. The highest BCUT2D eigenvalue weighted by Gasteiger charge is 2.21. The van der Waals surface area contributed by atoms with Crippen LogP contribution in [-0.2, 0) is 4.74 Å². The Balaban J connectivity index is 2.21. The molecule has 0 spiro atoms. The number of rotatable bonds is 4. The molecule has 0 radical (unpaired) electrons. The van der Waals surface area contributed by atoms with Crippen molar-refractivity contribution in [1.82, 2.24) is 4.37 Å². The van der Waals surface area contributed by atoms with E-state index in [-0.39, 0.29) is 12.5 Å². The van der Waals surface area contributed by atoms with Crippen LogP contribution < -0.4 is 5.32 Å². The van der Waals surface area contributed by atoms with Crippen LogP contribution in [-0.4, -0.2) is 22.9 Å². The molecule has 5 nitrogen and oxygen atoms in total. The molecule has 7 heteroatoms. The monoisotopic (exact) mass is 296 g/mol. The third-order valence-electron chi connectivity index (χ3n) is 2.31. The average Bonchev–Trinajstić information content (AvgIpc) is 2.99. The molecule has 2 aromatic rings. The fourth-order valence-corrected chi connectivity index (χ4v) is 2.87. The molecule has 0 bridgehead atoms. The van der Waals surface area contributed by atoms with E-state index in [0.717, 1.165) is 11.5 Å². The number of hydrogen-bond donors (Lipinski definition) is 1. The number of ether oxygens (including phenoxy) is 1. The molecule has 0 fully saturated rings. The highest BCUT2D eigenvalue weighted by Crippen LogP contribution is 2.26. The molecule has 2 heterocycles. The zero-order valence-electron chi connectivity index (χ0n) is 10.4. The average molecular weight is 296 g/mol. The van der Waals surface area contributed by atoms with Crippen LogP contribution in [0.15, 0.2) is 17.5 Å². The van der Waals surface area contributed by atoms with Crippen molar-refractivity contribution in [3.8, 4) is 0 Å². The zero-order chi connectivity index (χ0) is 13.8. The van der Waals surface area contributed by atoms with Gasteiger partial charge in [-0.1, -0.05) is 6.07 Å². The summed E-state index contributed by atoms with van der Waals surface area (Å²) in [6.07, 6.45) is 0. The Morgan fingerprint density at radius 3 is 2.89 bits per heavy atom. The summed E-state index contributed by atoms with van der Waals surface area (Å²) in [5.74, 6) is -0.709. The second-order valence-corrected chi connectivity index (χ2v) is 5.35. The van der Waals surface area contributed by atoms with Gasteiger partial charge >= 0.3 is 5.97 Å². The molecule has 0 aliphatic rings. The summed E-state index contributed by atoms with van der Waals surface area (Å²) >= 11 is 2.42. The summed E-state index contributed by atoms with van der Waals surface area (Å²) in [6, 6.07) is 3.52. The predicted octanol–water partition coefficient (Wildman–Crippen LogP) is 2.94. The number of anilines is 1. The zero-order valence-corrected chi connectivity index (χ0v) is 12.1. The van der Waals surface area contributed by atoms with Crippen molar-refractivity contribution >= 4 is 39.7 Å². The number of nitrogens with zero attached hydrogens (tertiary/aromatic N) is 1. The molecule has 0 aromatic carbocycles. The molecule has 0 atom stereocenters. The fourth-order valence-electron chi connectivity index (χ4n) is 1.47. The lowest BCUT2D eigenvalue weighted by molar-refractivity contribution is 0.0527. The van der Waals surface area contributed by atoms with E-state index in [0.29, 0.717) is 21.1 Å². The van der Waals surface area contributed by atoms with Gasteiger partial charge in [-0.3, -0.25) is 4.79 Å². The summed E-state index contributed by atoms with van der Waals surface area (Å²) in [7, 11) is 0. The van der Waals surface area contributed by atoms with E-state index in [2.05, 4.69) is 9.69 Å². The second kappa shape index (κ2) is 5.94. The normalized spacial score (nSPS) is 10.2. The molecule has 0 unspecified atom stereocenters. The van der Waals surface area contributed by atoms with Gasteiger partial charge in [0.2, 0.25) is 0 Å². The van der Waals surface area contributed by atoms with Gasteiger partial charge in [0.25, 0.3) is 5.91 Å². The maximum atomic E-state index is 11.9. The van der Waals surface area contributed by atoms with Crippen LogP contribution in [0.3, 0.4) is 0 Å². The van der Waals surface area contributed by atoms with Crippen LogP contribution >= 0.6 is 22.9 Å². The van der Waals surface area contributed by atoms with Crippen LogP contribution in [0.25, 0.3) is 0 Å². The second-order valence-electron chi connectivity index (χ2n) is 3.62. The molecule has 1 amide bonds. The van der Waals surface area contributed by atoms with Gasteiger partial charge in [0, 0.05) is 0 Å². The van der Waals surface area contributed by atoms with E-state index >= 15 is 0 Å². The lowest BCUT2D eigenvalue weighted by Gasteiger charge is -2.04. The Labute approximate surface area is 118 Å². The third kappa shape index (κ3) is 2.99. The van der Waals surface area contributed by atoms with Gasteiger partial charge in [0.05, 0.1) is 17.2 Å². The van der Waals surface area contributed by atoms with Gasteiger partial charge in [0.1, 0.15) is 10.6 Å². The third-order valence-corrected chi connectivity index (χ3v) is 4.04. The smallest absolute Gasteiger partial charge is 0.343 e. The van der Waals surface area contributed by atoms with E-state index in [1.54, 1.807) is 26.0 Å². The SMILES string of the molecule is CCOC(=O)c1c(C)nsc1NC(=O)c1cccs1. The van der Waals surface area contributed by atoms with Gasteiger partial charge in [0.15, 0.2) is 0 Å². The van der Waals surface area contributed by atoms with Crippen LogP contribution in [0.2, 0.25) is 0 Å². The van der Waals surface area contributed by atoms with Crippen molar-refractivity contribution in [2.75, 3.05) is 11.9 Å². The van der Waals surface area contributed by atoms with Gasteiger partial charge < -0.3 is 10.1 Å². The number of esters is 1. The molecule has 19 heavy (non-hydrogen) atoms. The van der Waals surface area contributed by atoms with Crippen molar-refractivity contribution < 1.29 is 14.3 Å². The van der Waals surface area contributed by atoms with Crippen molar-refractivity contribution in [1.29, 1.82) is 0 Å². The maximum absolute atomic E-state index is 11.9. The van der Waals surface area contributed by atoms with Gasteiger partial charge in [-0.15, -0.1) is 11.3 Å². The summed E-state index contributed by atoms with van der Waals surface area (Å²) in [5, 5.41) is 4.94. The lowest BCUT2D eigenvalue weighted by Crippen LogP contribution is -2.13. The number of carbonyl (C=O) groups is 2. The Kier molecular flexibility index (Phi) is 4.28. The summed E-state index contributed by atoms with van der Waals surface area (Å²) in [4.78, 5) is 24.3. The van der Waals surface area contributed by atoms with Crippen LogP contribution in [0.4, 0.5) is 5.00 Å². The largest absolute Gasteiger partial charge is 0.462 e. The summed E-state index contributed by atoms with van der Waals surface area (Å²) < 4.78 is 9.04. The van der Waals surface area contributed by atoms with Crippen molar-refractivity contribution in [3.05, 3.63) is 33.6 Å². The number of carbonyl (C=O) groups excluding carboxylic acids is 2. The first-order chi connectivity index (χ1) is 9.13. The Morgan fingerprint density at radius 1 is 1.47 bits per heavy atom. The van der Waals surface area contributed by atoms with E-state index in [1.807, 2.05) is 5.38 Å². The molecule has 0 aliphatic carbocycles. The molecule has 2 aromatic heterocycles. The number of aromatic nitrogens is 1. The van der Waals surface area contributed by atoms with Gasteiger partial charge in [-0.2, -0.15) is 4.37 Å². The first kappa shape index (κ1) is 13.7. The van der Waals surface area contributed by atoms with E-state index in [4.69, 9.17) is 4.74 Å². The standard InChI is InChI=1S/C12H12N2O3S2/c1-3-17-12(16)9-7(2)14-19-11(9)13-10(15)8-5-4-6-18-8/h4-6H,3H2,1-2H3,(H,13,15). The molecule has 1 N–H and O–H groups in total. The molecular formula is C12H12N2O3S2. The van der Waals surface area contributed by atoms with E-state index in [9.17, 15) is 9.59 Å². The number of thiophene rings is 1. The highest BCUT2D eigenvalue weighted by atomic mass is 32.1. The van der Waals surface area contributed by atoms with Crippen LogP contribution in [0, 0.1) is 6.92 Å². The molecule has 2 rings (SSSR count). The van der Waals surface area contributed by atoms with Crippen LogP contribution in [0.5, 0.6) is 0 Å². The Hall–Kier alpha value is -1.73. The lowest BCUT2D eigenvalue weighted by atomic mass is 10.2. The quantitative estimate of drug-likeness (QED) is 0.881. The fraction of sp³-hybridized carbons (Fsp3) is 0.250. The number of hydrogen-bond acceptors (Lipinski definition) is 6. The topological polar surface area (TPSA) is 68.3 Å². The highest BCUT2D eigenvalue weighted by molar-refractivity contribution is 7.13. The first-order valence-corrected chi connectivity index (χ1v) is 7.27. The van der Waals surface area contributed by atoms with Gasteiger partial charge in [-0.05, 0) is 36.8 Å². The van der Waals surface area contributed by atoms with Gasteiger partial charge in [-0.25, -0.2) is 4.79 Å². The molecular weight excluding hydrogens is 284 g/mol. The van der Waals surface area contributed by atoms with Crippen molar-refractivity contribution in [3.63, 3.8) is 0 Å². The minimum Gasteiger partial charge on any atom is -0.462 e. The minimum absolute atomic E-state index is 0.246. The van der Waals surface area contributed by atoms with Crippen molar-refractivity contribution in [2.24, 2.45) is 0 Å². The van der Waals surface area contributed by atoms with Crippen LogP contribution in [0.1, 0.15) is 32.6 Å². The van der Waals surface area contributed by atoms with E-state index < -0.39 is 5.97 Å². The van der Waals surface area contributed by atoms with Crippen molar-refractivity contribution in [2.45, 2.75) is 13.8 Å². The number of amides is 1. The number of aryl methyl sites for hydroxylation is 1. The summed E-state index contributed by atoms with van der Waals surface area (Å²) in [6.45, 7) is 3.73. The summed E-state index contributed by atoms with van der Waals surface area (Å²) in [5.41, 5.74) is 0.890. The molecule has 0 saturated heterocycles. The minimum atomic E-state index is -0.463. The molecule has 0 aliphatic heterocycles. The number of nitrogens with one attached hydrogen (secondary N) is 1. The molecule has 100 valence electrons. The van der Waals surface area contributed by atoms with E-state index in [1.165, 1.54) is 11.3 Å². The molecule has 0 saturated carbocycles. The Morgan fingerprint density at radius 2 is 2.26 bits per heavy atom. The Bertz CT molecular complexity index is 590. The maximum Gasteiger partial charge on any atom is 0.343 e. The predicted molar refractivity (Wildman–Crippen MR) is 75.1 cm³/mol.